The van der Waals surface area contributed by atoms with Gasteiger partial charge in [0.15, 0.2) is 0 Å². The summed E-state index contributed by atoms with van der Waals surface area (Å²) >= 11 is 11.6. The average Bonchev–Trinajstić information content (AvgIpc) is 2.39. The molecule has 0 aromatic heterocycles. The molecule has 21 heavy (non-hydrogen) atoms. The maximum Gasteiger partial charge on any atom is 0.273 e. The van der Waals surface area contributed by atoms with Gasteiger partial charge in [0, 0.05) is 6.07 Å². The monoisotopic (exact) mass is 384 g/mol. The third-order valence-corrected chi connectivity index (χ3v) is 4.48. The second-order valence-corrected chi connectivity index (χ2v) is 6.35. The minimum atomic E-state index is -4.24. The topological polar surface area (TPSA) is 81.4 Å². The van der Waals surface area contributed by atoms with E-state index in [-0.39, 0.29) is 28.2 Å². The van der Waals surface area contributed by atoms with E-state index in [0.717, 1.165) is 6.07 Å². The third kappa shape index (κ3) is 5.39. The molecule has 11 heteroatoms. The molecule has 0 unspecified atom stereocenters. The molecule has 1 aromatic carbocycles. The maximum absolute atomic E-state index is 13.0. The van der Waals surface area contributed by atoms with Crippen LogP contribution in [-0.2, 0) is 10.0 Å². The van der Waals surface area contributed by atoms with Crippen molar-refractivity contribution in [1.82, 2.24) is 4.72 Å². The summed E-state index contributed by atoms with van der Waals surface area (Å²) < 4.78 is 56.3. The summed E-state index contributed by atoms with van der Waals surface area (Å²) in [5.41, 5.74) is 4.82. The molecule has 0 heterocycles. The third-order valence-electron chi connectivity index (χ3n) is 2.32. The number of methoxy groups -OCH3 is 1. The van der Waals surface area contributed by atoms with Crippen LogP contribution in [0.1, 0.15) is 0 Å². The Bertz CT molecular complexity index is 599. The Kier molecular flexibility index (Phi) is 7.61. The predicted octanol–water partition coefficient (Wildman–Crippen LogP) is 2.30. The molecule has 5 nitrogen and oxygen atoms in total. The fourth-order valence-electron chi connectivity index (χ4n) is 1.22. The molecule has 0 spiro atoms. The van der Waals surface area contributed by atoms with Gasteiger partial charge in [-0.2, -0.15) is 0 Å². The van der Waals surface area contributed by atoms with E-state index in [2.05, 4.69) is 0 Å². The SMILES string of the molecule is COc1cc(Cl)c(S(=O)(=O)NCC(F)(F)CN)cc1Cl.Cl. The van der Waals surface area contributed by atoms with Crippen LogP contribution in [0.3, 0.4) is 0 Å². The molecule has 1 rings (SSSR count). The van der Waals surface area contributed by atoms with Crippen molar-refractivity contribution in [2.75, 3.05) is 20.2 Å². The number of benzene rings is 1. The molecular weight excluding hydrogens is 373 g/mol. The first-order valence-corrected chi connectivity index (χ1v) is 7.47. The van der Waals surface area contributed by atoms with E-state index < -0.39 is 33.9 Å². The Morgan fingerprint density at radius 2 is 1.90 bits per heavy atom. The number of hydrogen-bond acceptors (Lipinski definition) is 4. The first-order valence-electron chi connectivity index (χ1n) is 5.23. The minimum Gasteiger partial charge on any atom is -0.495 e. The number of nitrogens with two attached hydrogens (primary N) is 1. The van der Waals surface area contributed by atoms with Crippen molar-refractivity contribution >= 4 is 45.6 Å². The number of halogens is 5. The summed E-state index contributed by atoms with van der Waals surface area (Å²) in [5.74, 6) is -3.18. The molecule has 3 N–H and O–H groups in total. The molecule has 0 aliphatic carbocycles. The molecule has 0 saturated heterocycles. The van der Waals surface area contributed by atoms with Crippen molar-refractivity contribution in [3.8, 4) is 5.75 Å². The fraction of sp³-hybridized carbons (Fsp3) is 0.400. The van der Waals surface area contributed by atoms with E-state index in [9.17, 15) is 17.2 Å². The highest BCUT2D eigenvalue weighted by Gasteiger charge is 2.30. The standard InChI is InChI=1S/C10H12Cl2F2N2O3S.ClH/c1-19-8-2-7(12)9(3-6(8)11)20(17,18)16-5-10(13,14)4-15;/h2-3,16H,4-5,15H2,1H3;1H. The highest BCUT2D eigenvalue weighted by atomic mass is 35.5. The van der Waals surface area contributed by atoms with E-state index in [0.29, 0.717) is 0 Å². The summed E-state index contributed by atoms with van der Waals surface area (Å²) in [7, 11) is -2.91. The van der Waals surface area contributed by atoms with E-state index >= 15 is 0 Å². The van der Waals surface area contributed by atoms with E-state index in [4.69, 9.17) is 33.7 Å². The Morgan fingerprint density at radius 3 is 2.38 bits per heavy atom. The number of hydrogen-bond donors (Lipinski definition) is 2. The van der Waals surface area contributed by atoms with E-state index in [1.165, 1.54) is 13.2 Å². The molecule has 0 amide bonds. The van der Waals surface area contributed by atoms with Crippen molar-refractivity contribution in [3.63, 3.8) is 0 Å². The van der Waals surface area contributed by atoms with Crippen molar-refractivity contribution in [1.29, 1.82) is 0 Å². The van der Waals surface area contributed by atoms with Gasteiger partial charge < -0.3 is 10.5 Å². The zero-order chi connectivity index (χ0) is 15.6. The normalized spacial score (nSPS) is 11.9. The molecule has 1 aromatic rings. The smallest absolute Gasteiger partial charge is 0.273 e. The second kappa shape index (κ2) is 7.75. The summed E-state index contributed by atoms with van der Waals surface area (Å²) in [6, 6.07) is 2.20. The van der Waals surface area contributed by atoms with Gasteiger partial charge in [-0.05, 0) is 6.07 Å². The lowest BCUT2D eigenvalue weighted by atomic mass is 10.3. The lowest BCUT2D eigenvalue weighted by molar-refractivity contribution is 0.0170. The van der Waals surface area contributed by atoms with Crippen LogP contribution in [0.4, 0.5) is 8.78 Å². The van der Waals surface area contributed by atoms with Crippen molar-refractivity contribution in [2.45, 2.75) is 10.8 Å². The second-order valence-electron chi connectivity index (χ2n) is 3.80. The van der Waals surface area contributed by atoms with Crippen LogP contribution in [0.25, 0.3) is 0 Å². The van der Waals surface area contributed by atoms with E-state index in [1.807, 2.05) is 0 Å². The number of nitrogens with one attached hydrogen (secondary N) is 1. The van der Waals surface area contributed by atoms with Crippen molar-refractivity contribution in [3.05, 3.63) is 22.2 Å². The number of sulfonamides is 1. The molecule has 0 bridgehead atoms. The van der Waals surface area contributed by atoms with Crippen LogP contribution in [0, 0.1) is 0 Å². The fourth-order valence-corrected chi connectivity index (χ4v) is 3.13. The number of alkyl halides is 2. The first kappa shape index (κ1) is 20.6. The first-order chi connectivity index (χ1) is 9.13. The van der Waals surface area contributed by atoms with Crippen LogP contribution < -0.4 is 15.2 Å². The van der Waals surface area contributed by atoms with Crippen LogP contribution in [-0.4, -0.2) is 34.5 Å². The summed E-state index contributed by atoms with van der Waals surface area (Å²) in [6.45, 7) is -2.11. The highest BCUT2D eigenvalue weighted by Crippen LogP contribution is 2.33. The predicted molar refractivity (Wildman–Crippen MR) is 79.5 cm³/mol. The van der Waals surface area contributed by atoms with Gasteiger partial charge in [0.25, 0.3) is 5.92 Å². The number of rotatable bonds is 6. The quantitative estimate of drug-likeness (QED) is 0.787. The molecular formula is C10H13Cl3F2N2O3S. The van der Waals surface area contributed by atoms with Crippen LogP contribution >= 0.6 is 35.6 Å². The zero-order valence-electron chi connectivity index (χ0n) is 10.7. The highest BCUT2D eigenvalue weighted by molar-refractivity contribution is 7.89. The minimum absolute atomic E-state index is 0. The molecule has 0 atom stereocenters. The summed E-state index contributed by atoms with van der Waals surface area (Å²) in [5, 5.41) is -0.210. The molecule has 0 radical (unpaired) electrons. The van der Waals surface area contributed by atoms with E-state index in [1.54, 1.807) is 4.72 Å². The van der Waals surface area contributed by atoms with Gasteiger partial charge >= 0.3 is 0 Å². The lowest BCUT2D eigenvalue weighted by Crippen LogP contribution is -2.41. The summed E-state index contributed by atoms with van der Waals surface area (Å²) in [6.07, 6.45) is 0. The molecule has 0 saturated carbocycles. The Balaban J connectivity index is 0.00000400. The largest absolute Gasteiger partial charge is 0.495 e. The lowest BCUT2D eigenvalue weighted by Gasteiger charge is -2.15. The van der Waals surface area contributed by atoms with Crippen LogP contribution in [0.5, 0.6) is 5.75 Å². The van der Waals surface area contributed by atoms with Crippen molar-refractivity contribution < 1.29 is 21.9 Å². The summed E-state index contributed by atoms with van der Waals surface area (Å²) in [4.78, 5) is -0.419. The van der Waals surface area contributed by atoms with Gasteiger partial charge in [0.1, 0.15) is 10.6 Å². The van der Waals surface area contributed by atoms with Gasteiger partial charge in [0.2, 0.25) is 10.0 Å². The van der Waals surface area contributed by atoms with Crippen molar-refractivity contribution in [2.24, 2.45) is 5.73 Å². The van der Waals surface area contributed by atoms with Crippen LogP contribution in [0.2, 0.25) is 10.0 Å². The van der Waals surface area contributed by atoms with Gasteiger partial charge in [0.05, 0.1) is 30.2 Å². The average molecular weight is 386 g/mol. The van der Waals surface area contributed by atoms with Gasteiger partial charge in [-0.1, -0.05) is 23.2 Å². The van der Waals surface area contributed by atoms with Gasteiger partial charge in [-0.3, -0.25) is 0 Å². The molecule has 0 fully saturated rings. The molecule has 0 aliphatic heterocycles. The molecule has 0 aliphatic rings. The zero-order valence-corrected chi connectivity index (χ0v) is 13.8. The Labute approximate surface area is 137 Å². The number of ether oxygens (including phenoxy) is 1. The Morgan fingerprint density at radius 1 is 1.33 bits per heavy atom. The maximum atomic E-state index is 13.0. The van der Waals surface area contributed by atoms with Gasteiger partial charge in [-0.15, -0.1) is 12.4 Å². The Hall–Kier alpha value is -0.380. The molecule has 122 valence electrons. The van der Waals surface area contributed by atoms with Gasteiger partial charge in [-0.25, -0.2) is 21.9 Å². The van der Waals surface area contributed by atoms with Crippen LogP contribution in [0.15, 0.2) is 17.0 Å².